The van der Waals surface area contributed by atoms with Gasteiger partial charge in [0.05, 0.1) is 0 Å². The van der Waals surface area contributed by atoms with Crippen LogP contribution in [0.1, 0.15) is 54.4 Å². The molecule has 0 aromatic rings. The lowest BCUT2D eigenvalue weighted by Gasteiger charge is -1.97. The lowest BCUT2D eigenvalue weighted by atomic mass is 10.3. The molecule has 2 N–H and O–H groups in total. The maximum Gasteiger partial charge on any atom is 0.303 e. The van der Waals surface area contributed by atoms with Crippen LogP contribution in [0.3, 0.4) is 0 Å². The van der Waals surface area contributed by atoms with Gasteiger partial charge in [-0.15, -0.1) is 0 Å². The zero-order chi connectivity index (χ0) is 13.6. The summed E-state index contributed by atoms with van der Waals surface area (Å²) in [7, 11) is 0. The standard InChI is InChI=1S/C6H11NO3.C4H10.C2H6/c1-5(8)7-4-2-3-6(9)10;1-4(2)3;1-2/h2-4H2,1H3,(H,7,8)(H,9,10);4H,1-3H3;1-2H3. The Bertz CT molecular complexity index is 149. The maximum atomic E-state index is 10.2. The molecule has 0 aromatic carbocycles. The van der Waals surface area contributed by atoms with Crippen molar-refractivity contribution in [3.63, 3.8) is 0 Å². The topological polar surface area (TPSA) is 66.4 Å². The van der Waals surface area contributed by atoms with Gasteiger partial charge in [-0.3, -0.25) is 9.59 Å². The van der Waals surface area contributed by atoms with Crippen LogP contribution in [0.25, 0.3) is 0 Å². The van der Waals surface area contributed by atoms with Gasteiger partial charge in [-0.1, -0.05) is 34.6 Å². The summed E-state index contributed by atoms with van der Waals surface area (Å²) in [4.78, 5) is 20.2. The van der Waals surface area contributed by atoms with E-state index in [0.29, 0.717) is 13.0 Å². The second-order valence-electron chi connectivity index (χ2n) is 3.71. The Kier molecular flexibility index (Phi) is 20.8. The minimum atomic E-state index is -0.828. The molecule has 16 heavy (non-hydrogen) atoms. The van der Waals surface area contributed by atoms with Crippen molar-refractivity contribution < 1.29 is 14.7 Å². The predicted molar refractivity (Wildman–Crippen MR) is 67.4 cm³/mol. The first-order chi connectivity index (χ1) is 7.36. The number of carboxylic acid groups (broad SMARTS) is 1. The quantitative estimate of drug-likeness (QED) is 0.734. The van der Waals surface area contributed by atoms with E-state index in [1.54, 1.807) is 0 Å². The number of aliphatic carboxylic acids is 1. The molecule has 0 spiro atoms. The molecule has 4 heteroatoms. The number of hydrogen-bond donors (Lipinski definition) is 2. The third kappa shape index (κ3) is 52.3. The van der Waals surface area contributed by atoms with Crippen LogP contribution in [-0.4, -0.2) is 23.5 Å². The molecule has 4 nitrogen and oxygen atoms in total. The molecule has 0 aromatic heterocycles. The lowest BCUT2D eigenvalue weighted by molar-refractivity contribution is -0.137. The average molecular weight is 233 g/mol. The van der Waals surface area contributed by atoms with Crippen LogP contribution in [0.15, 0.2) is 0 Å². The van der Waals surface area contributed by atoms with E-state index in [1.807, 2.05) is 13.8 Å². The normalized spacial score (nSPS) is 8.19. The molecule has 0 aliphatic carbocycles. The number of carbonyl (C=O) groups is 2. The summed E-state index contributed by atoms with van der Waals surface area (Å²) in [6.07, 6.45) is 0.606. The van der Waals surface area contributed by atoms with Crippen molar-refractivity contribution in [3.8, 4) is 0 Å². The monoisotopic (exact) mass is 233 g/mol. The molecule has 1 amide bonds. The van der Waals surface area contributed by atoms with E-state index in [9.17, 15) is 9.59 Å². The van der Waals surface area contributed by atoms with Crippen LogP contribution in [0, 0.1) is 5.92 Å². The van der Waals surface area contributed by atoms with E-state index < -0.39 is 5.97 Å². The molecule has 0 bridgehead atoms. The van der Waals surface area contributed by atoms with Crippen molar-refractivity contribution in [1.29, 1.82) is 0 Å². The molecule has 0 heterocycles. The average Bonchev–Trinajstić information content (AvgIpc) is 2.14. The van der Waals surface area contributed by atoms with Gasteiger partial charge in [0, 0.05) is 19.9 Å². The molecule has 0 radical (unpaired) electrons. The zero-order valence-electron chi connectivity index (χ0n) is 11.5. The Morgan fingerprint density at radius 3 is 1.81 bits per heavy atom. The summed E-state index contributed by atoms with van der Waals surface area (Å²) in [6.45, 7) is 12.3. The Hall–Kier alpha value is -1.06. The van der Waals surface area contributed by atoms with Gasteiger partial charge in [0.15, 0.2) is 0 Å². The molecule has 0 fully saturated rings. The SMILES string of the molecule is CC.CC(=O)NCCCC(=O)O.CC(C)C. The van der Waals surface area contributed by atoms with Gasteiger partial charge in [-0.05, 0) is 12.3 Å². The van der Waals surface area contributed by atoms with Crippen molar-refractivity contribution in [2.75, 3.05) is 6.54 Å². The van der Waals surface area contributed by atoms with E-state index in [4.69, 9.17) is 5.11 Å². The molecule has 0 saturated carbocycles. The van der Waals surface area contributed by atoms with Crippen molar-refractivity contribution >= 4 is 11.9 Å². The van der Waals surface area contributed by atoms with Crippen LogP contribution in [0.4, 0.5) is 0 Å². The smallest absolute Gasteiger partial charge is 0.303 e. The van der Waals surface area contributed by atoms with Gasteiger partial charge in [-0.25, -0.2) is 0 Å². The fourth-order valence-electron chi connectivity index (χ4n) is 0.504. The van der Waals surface area contributed by atoms with E-state index in [-0.39, 0.29) is 12.3 Å². The summed E-state index contributed by atoms with van der Waals surface area (Å²) in [6, 6.07) is 0. The number of carbonyl (C=O) groups excluding carboxylic acids is 1. The third-order valence-electron chi connectivity index (χ3n) is 0.941. The van der Waals surface area contributed by atoms with Gasteiger partial charge in [0.25, 0.3) is 0 Å². The van der Waals surface area contributed by atoms with E-state index >= 15 is 0 Å². The predicted octanol–water partition coefficient (Wildman–Crippen LogP) is 2.68. The number of rotatable bonds is 4. The third-order valence-corrected chi connectivity index (χ3v) is 0.941. The maximum absolute atomic E-state index is 10.2. The highest BCUT2D eigenvalue weighted by Crippen LogP contribution is 1.85. The van der Waals surface area contributed by atoms with E-state index in [2.05, 4.69) is 26.1 Å². The van der Waals surface area contributed by atoms with Crippen LogP contribution < -0.4 is 5.32 Å². The Morgan fingerprint density at radius 2 is 1.56 bits per heavy atom. The highest BCUT2D eigenvalue weighted by molar-refractivity contribution is 5.72. The van der Waals surface area contributed by atoms with Crippen LogP contribution >= 0.6 is 0 Å². The first kappa shape index (κ1) is 20.4. The van der Waals surface area contributed by atoms with Crippen molar-refractivity contribution in [2.45, 2.75) is 54.4 Å². The second-order valence-corrected chi connectivity index (χ2v) is 3.71. The van der Waals surface area contributed by atoms with Crippen LogP contribution in [0.2, 0.25) is 0 Å². The summed E-state index contributed by atoms with van der Waals surface area (Å²) < 4.78 is 0. The molecular formula is C12H27NO3. The minimum Gasteiger partial charge on any atom is -0.481 e. The van der Waals surface area contributed by atoms with Gasteiger partial charge in [-0.2, -0.15) is 0 Å². The number of nitrogens with one attached hydrogen (secondary N) is 1. The molecule has 98 valence electrons. The molecule has 0 unspecified atom stereocenters. The van der Waals surface area contributed by atoms with Crippen LogP contribution in [-0.2, 0) is 9.59 Å². The number of carboxylic acids is 1. The van der Waals surface area contributed by atoms with E-state index in [1.165, 1.54) is 6.92 Å². The number of hydrogen-bond acceptors (Lipinski definition) is 2. The summed E-state index contributed by atoms with van der Waals surface area (Å²) >= 11 is 0. The number of amides is 1. The molecule has 0 rings (SSSR count). The summed E-state index contributed by atoms with van der Waals surface area (Å²) in [5.41, 5.74) is 0. The zero-order valence-corrected chi connectivity index (χ0v) is 11.5. The van der Waals surface area contributed by atoms with Crippen molar-refractivity contribution in [3.05, 3.63) is 0 Å². The van der Waals surface area contributed by atoms with Gasteiger partial charge < -0.3 is 10.4 Å². The first-order valence-corrected chi connectivity index (χ1v) is 5.82. The Morgan fingerprint density at radius 1 is 1.19 bits per heavy atom. The summed E-state index contributed by atoms with van der Waals surface area (Å²) in [5, 5.41) is 10.7. The molecule has 0 atom stereocenters. The van der Waals surface area contributed by atoms with Crippen LogP contribution in [0.5, 0.6) is 0 Å². The second kappa shape index (κ2) is 16.4. The Balaban J connectivity index is -0.000000237. The summed E-state index contributed by atoms with van der Waals surface area (Å²) in [5.74, 6) is -0.115. The fraction of sp³-hybridized carbons (Fsp3) is 0.833. The highest BCUT2D eigenvalue weighted by Gasteiger charge is 1.95. The lowest BCUT2D eigenvalue weighted by Crippen LogP contribution is -2.21. The molecule has 0 aliphatic heterocycles. The van der Waals surface area contributed by atoms with Gasteiger partial charge in [0.2, 0.25) is 5.91 Å². The fourth-order valence-corrected chi connectivity index (χ4v) is 0.504. The molecular weight excluding hydrogens is 206 g/mol. The molecule has 0 saturated heterocycles. The van der Waals surface area contributed by atoms with E-state index in [0.717, 1.165) is 5.92 Å². The minimum absolute atomic E-state index is 0.111. The van der Waals surface area contributed by atoms with Gasteiger partial charge in [0.1, 0.15) is 0 Å². The molecule has 0 aliphatic rings. The Labute approximate surface area is 99.4 Å². The first-order valence-electron chi connectivity index (χ1n) is 5.82. The van der Waals surface area contributed by atoms with Gasteiger partial charge >= 0.3 is 5.97 Å². The highest BCUT2D eigenvalue weighted by atomic mass is 16.4. The van der Waals surface area contributed by atoms with Crippen molar-refractivity contribution in [2.24, 2.45) is 5.92 Å². The van der Waals surface area contributed by atoms with Crippen molar-refractivity contribution in [1.82, 2.24) is 5.32 Å². The largest absolute Gasteiger partial charge is 0.481 e.